The van der Waals surface area contributed by atoms with Crippen LogP contribution in [0.1, 0.15) is 36.8 Å². The van der Waals surface area contributed by atoms with Crippen molar-refractivity contribution in [3.63, 3.8) is 0 Å². The van der Waals surface area contributed by atoms with Gasteiger partial charge in [0.1, 0.15) is 0 Å². The first kappa shape index (κ1) is 15.5. The topological polar surface area (TPSA) is 0 Å². The number of hydrogen-bond donors (Lipinski definition) is 0. The lowest BCUT2D eigenvalue weighted by Crippen LogP contribution is -2.13. The second kappa shape index (κ2) is 6.60. The molecule has 0 radical (unpaired) electrons. The van der Waals surface area contributed by atoms with E-state index in [1.165, 1.54) is 12.2 Å². The van der Waals surface area contributed by atoms with Gasteiger partial charge < -0.3 is 0 Å². The Morgan fingerprint density at radius 1 is 1.26 bits per heavy atom. The van der Waals surface area contributed by atoms with Crippen LogP contribution >= 0.6 is 0 Å². The van der Waals surface area contributed by atoms with Gasteiger partial charge in [-0.3, -0.25) is 0 Å². The quantitative estimate of drug-likeness (QED) is 0.614. The largest absolute Gasteiger partial charge is 0.412 e. The zero-order valence-electron chi connectivity index (χ0n) is 11.3. The second-order valence-corrected chi connectivity index (χ2v) is 4.72. The minimum absolute atomic E-state index is 0.0107. The minimum atomic E-state index is -4.26. The van der Waals surface area contributed by atoms with Gasteiger partial charge in [-0.25, -0.2) is 0 Å². The van der Waals surface area contributed by atoms with Gasteiger partial charge in [-0.05, 0) is 31.2 Å². The van der Waals surface area contributed by atoms with E-state index in [4.69, 9.17) is 0 Å². The van der Waals surface area contributed by atoms with E-state index in [2.05, 4.69) is 6.58 Å². The number of allylic oxidation sites excluding steroid dienone is 3. The van der Waals surface area contributed by atoms with Crippen molar-refractivity contribution >= 4 is 0 Å². The summed E-state index contributed by atoms with van der Waals surface area (Å²) in [6.07, 6.45) is -1.11. The van der Waals surface area contributed by atoms with Gasteiger partial charge in [0.15, 0.2) is 0 Å². The summed E-state index contributed by atoms with van der Waals surface area (Å²) in [4.78, 5) is 0. The van der Waals surface area contributed by atoms with Crippen LogP contribution in [-0.4, -0.2) is 6.18 Å². The van der Waals surface area contributed by atoms with Crippen LogP contribution in [0.4, 0.5) is 13.2 Å². The van der Waals surface area contributed by atoms with Crippen molar-refractivity contribution < 1.29 is 13.2 Å². The Bertz CT molecular complexity index is 438. The summed E-state index contributed by atoms with van der Waals surface area (Å²) in [6.45, 7) is 7.20. The highest BCUT2D eigenvalue weighted by molar-refractivity contribution is 5.28. The fourth-order valence-electron chi connectivity index (χ4n) is 1.85. The van der Waals surface area contributed by atoms with E-state index >= 15 is 0 Å². The molecule has 1 unspecified atom stereocenters. The summed E-state index contributed by atoms with van der Waals surface area (Å²) in [5.74, 6) is -0.248. The summed E-state index contributed by atoms with van der Waals surface area (Å²) < 4.78 is 38.6. The van der Waals surface area contributed by atoms with Crippen molar-refractivity contribution in [3.05, 3.63) is 59.7 Å². The third kappa shape index (κ3) is 4.93. The summed E-state index contributed by atoms with van der Waals surface area (Å²) >= 11 is 0. The first-order valence-corrected chi connectivity index (χ1v) is 6.30. The van der Waals surface area contributed by atoms with Crippen LogP contribution in [0.25, 0.3) is 0 Å². The third-order valence-corrected chi connectivity index (χ3v) is 3.04. The van der Waals surface area contributed by atoms with Crippen molar-refractivity contribution in [1.29, 1.82) is 0 Å². The summed E-state index contributed by atoms with van der Waals surface area (Å²) in [5, 5.41) is 0. The molecular weight excluding hydrogens is 249 g/mol. The van der Waals surface area contributed by atoms with E-state index < -0.39 is 11.7 Å². The van der Waals surface area contributed by atoms with Crippen LogP contribution in [0.15, 0.2) is 48.6 Å². The molecule has 0 aliphatic heterocycles. The maximum atomic E-state index is 12.9. The average Bonchev–Trinajstić information content (AvgIpc) is 2.33. The zero-order chi connectivity index (χ0) is 14.5. The molecule has 0 aromatic heterocycles. The van der Waals surface area contributed by atoms with Gasteiger partial charge in [-0.1, -0.05) is 48.9 Å². The molecule has 0 nitrogen and oxygen atoms in total. The molecule has 19 heavy (non-hydrogen) atoms. The number of rotatable bonds is 5. The first-order chi connectivity index (χ1) is 8.84. The van der Waals surface area contributed by atoms with Crippen LogP contribution in [0.5, 0.6) is 0 Å². The molecule has 3 heteroatoms. The molecule has 0 saturated carbocycles. The Morgan fingerprint density at radius 2 is 1.84 bits per heavy atom. The lowest BCUT2D eigenvalue weighted by molar-refractivity contribution is -0.0942. The van der Waals surface area contributed by atoms with Gasteiger partial charge in [-0.2, -0.15) is 13.2 Å². The van der Waals surface area contributed by atoms with E-state index in [0.29, 0.717) is 6.42 Å². The van der Waals surface area contributed by atoms with Crippen molar-refractivity contribution in [2.24, 2.45) is 0 Å². The van der Waals surface area contributed by atoms with Gasteiger partial charge in [-0.15, -0.1) is 6.58 Å². The maximum Gasteiger partial charge on any atom is 0.412 e. The lowest BCUT2D eigenvalue weighted by atomic mass is 9.96. The Labute approximate surface area is 112 Å². The molecule has 0 spiro atoms. The Balaban J connectivity index is 2.94. The van der Waals surface area contributed by atoms with Gasteiger partial charge in [0.2, 0.25) is 0 Å². The molecule has 0 bridgehead atoms. The highest BCUT2D eigenvalue weighted by Crippen LogP contribution is 2.32. The molecule has 1 rings (SSSR count). The number of hydrogen-bond acceptors (Lipinski definition) is 0. The van der Waals surface area contributed by atoms with Crippen molar-refractivity contribution in [3.8, 4) is 0 Å². The van der Waals surface area contributed by atoms with Crippen LogP contribution in [0.2, 0.25) is 0 Å². The van der Waals surface area contributed by atoms with Gasteiger partial charge in [0.05, 0.1) is 0 Å². The zero-order valence-corrected chi connectivity index (χ0v) is 11.3. The maximum absolute atomic E-state index is 12.9. The Hall–Kier alpha value is -1.51. The summed E-state index contributed by atoms with van der Waals surface area (Å²) in [6, 6.07) is 7.57. The normalized spacial score (nSPS) is 14.3. The first-order valence-electron chi connectivity index (χ1n) is 6.30. The molecule has 0 aliphatic rings. The van der Waals surface area contributed by atoms with Crippen LogP contribution in [0, 0.1) is 6.92 Å². The third-order valence-electron chi connectivity index (χ3n) is 3.04. The van der Waals surface area contributed by atoms with Gasteiger partial charge >= 0.3 is 6.18 Å². The summed E-state index contributed by atoms with van der Waals surface area (Å²) in [7, 11) is 0. The molecule has 0 N–H and O–H groups in total. The number of aryl methyl sites for hydroxylation is 1. The molecule has 104 valence electrons. The molecule has 0 amide bonds. The lowest BCUT2D eigenvalue weighted by Gasteiger charge is -2.14. The smallest absolute Gasteiger partial charge is 0.166 e. The SMILES string of the molecule is C=CCC/C(=C\C(C)c1ccc(C)cc1)C(F)(F)F. The molecule has 0 saturated heterocycles. The predicted octanol–water partition coefficient (Wildman–Crippen LogP) is 5.55. The fourth-order valence-corrected chi connectivity index (χ4v) is 1.85. The minimum Gasteiger partial charge on any atom is -0.166 e. The number of benzene rings is 1. The van der Waals surface area contributed by atoms with Crippen LogP contribution < -0.4 is 0 Å². The van der Waals surface area contributed by atoms with Crippen molar-refractivity contribution in [1.82, 2.24) is 0 Å². The molecule has 0 heterocycles. The molecule has 1 aromatic rings. The fraction of sp³-hybridized carbons (Fsp3) is 0.375. The average molecular weight is 268 g/mol. The molecule has 1 aromatic carbocycles. The Kier molecular flexibility index (Phi) is 5.40. The van der Waals surface area contributed by atoms with Crippen LogP contribution in [0.3, 0.4) is 0 Å². The number of halogens is 3. The van der Waals surface area contributed by atoms with Crippen LogP contribution in [-0.2, 0) is 0 Å². The van der Waals surface area contributed by atoms with Crippen molar-refractivity contribution in [2.75, 3.05) is 0 Å². The standard InChI is InChI=1S/C16H19F3/c1-4-5-6-15(16(17,18)19)11-13(3)14-9-7-12(2)8-10-14/h4,7-11,13H,1,5-6H2,2-3H3/b15-11+. The van der Waals surface area contributed by atoms with E-state index in [9.17, 15) is 13.2 Å². The highest BCUT2D eigenvalue weighted by Gasteiger charge is 2.32. The van der Waals surface area contributed by atoms with Gasteiger partial charge in [0.25, 0.3) is 0 Å². The molecule has 0 fully saturated rings. The van der Waals surface area contributed by atoms with E-state index in [0.717, 1.165) is 11.1 Å². The van der Waals surface area contributed by atoms with E-state index in [1.54, 1.807) is 6.92 Å². The van der Waals surface area contributed by atoms with E-state index in [-0.39, 0.29) is 12.3 Å². The Morgan fingerprint density at radius 3 is 2.32 bits per heavy atom. The molecule has 0 aliphatic carbocycles. The summed E-state index contributed by atoms with van der Waals surface area (Å²) in [5.41, 5.74) is 1.52. The van der Waals surface area contributed by atoms with Crippen molar-refractivity contribution in [2.45, 2.75) is 38.8 Å². The predicted molar refractivity (Wildman–Crippen MR) is 73.2 cm³/mol. The van der Waals surface area contributed by atoms with Gasteiger partial charge in [0, 0.05) is 5.57 Å². The second-order valence-electron chi connectivity index (χ2n) is 4.72. The molecule has 1 atom stereocenters. The highest BCUT2D eigenvalue weighted by atomic mass is 19.4. The van der Waals surface area contributed by atoms with E-state index in [1.807, 2.05) is 31.2 Å². The number of alkyl halides is 3. The molecular formula is C16H19F3. The monoisotopic (exact) mass is 268 g/mol.